The maximum absolute atomic E-state index is 10.1. The molecular formula is C11H25NO2. The number of nitrogens with zero attached hydrogens (tertiary/aromatic N) is 1. The van der Waals surface area contributed by atoms with E-state index in [2.05, 4.69) is 18.7 Å². The average Bonchev–Trinajstić information content (AvgIpc) is 2.02. The van der Waals surface area contributed by atoms with Crippen molar-refractivity contribution in [2.24, 2.45) is 5.92 Å². The molecule has 14 heavy (non-hydrogen) atoms. The van der Waals surface area contributed by atoms with Crippen molar-refractivity contribution in [1.29, 1.82) is 0 Å². The summed E-state index contributed by atoms with van der Waals surface area (Å²) in [4.78, 5) is 2.10. The van der Waals surface area contributed by atoms with Crippen molar-refractivity contribution < 1.29 is 10.2 Å². The fourth-order valence-electron chi connectivity index (χ4n) is 1.24. The first kappa shape index (κ1) is 13.9. The van der Waals surface area contributed by atoms with E-state index in [-0.39, 0.29) is 12.5 Å². The summed E-state index contributed by atoms with van der Waals surface area (Å²) in [5.74, 6) is 0.224. The second-order valence-corrected chi connectivity index (χ2v) is 4.80. The van der Waals surface area contributed by atoms with Crippen molar-refractivity contribution in [3.8, 4) is 0 Å². The Morgan fingerprint density at radius 3 is 2.00 bits per heavy atom. The highest BCUT2D eigenvalue weighted by atomic mass is 16.3. The number of hydrogen-bond donors (Lipinski definition) is 2. The molecule has 0 saturated carbocycles. The van der Waals surface area contributed by atoms with Gasteiger partial charge in [0, 0.05) is 19.1 Å². The molecule has 0 aliphatic carbocycles. The molecule has 0 spiro atoms. The van der Waals surface area contributed by atoms with Crippen LogP contribution in [0.15, 0.2) is 0 Å². The van der Waals surface area contributed by atoms with Crippen molar-refractivity contribution in [3.63, 3.8) is 0 Å². The molecule has 1 unspecified atom stereocenters. The summed E-state index contributed by atoms with van der Waals surface area (Å²) in [6.45, 7) is 11.4. The maximum Gasteiger partial charge on any atom is 0.0768 e. The average molecular weight is 203 g/mol. The van der Waals surface area contributed by atoms with E-state index in [4.69, 9.17) is 5.11 Å². The summed E-state index contributed by atoms with van der Waals surface area (Å²) >= 11 is 0. The van der Waals surface area contributed by atoms with E-state index in [0.29, 0.717) is 19.1 Å². The summed E-state index contributed by atoms with van der Waals surface area (Å²) in [5, 5.41) is 19.0. The Morgan fingerprint density at radius 2 is 1.71 bits per heavy atom. The molecule has 0 fully saturated rings. The molecule has 2 N–H and O–H groups in total. The Morgan fingerprint density at radius 1 is 1.21 bits per heavy atom. The second-order valence-electron chi connectivity index (χ2n) is 4.80. The number of aliphatic hydroxyl groups excluding tert-OH is 1. The largest absolute Gasteiger partial charge is 0.395 e. The Balaban J connectivity index is 4.28. The van der Waals surface area contributed by atoms with Crippen molar-refractivity contribution in [1.82, 2.24) is 4.90 Å². The normalized spacial score (nSPS) is 16.7. The lowest BCUT2D eigenvalue weighted by Crippen LogP contribution is -2.47. The van der Waals surface area contributed by atoms with Crippen LogP contribution in [0.1, 0.15) is 34.6 Å². The Kier molecular flexibility index (Phi) is 5.64. The predicted molar refractivity (Wildman–Crippen MR) is 59.3 cm³/mol. The molecule has 3 nitrogen and oxygen atoms in total. The predicted octanol–water partition coefficient (Wildman–Crippen LogP) is 1.10. The van der Waals surface area contributed by atoms with E-state index in [0.717, 1.165) is 0 Å². The SMILES string of the molecule is CC(C)N(CCO)CC(C)(O)C(C)C. The molecule has 0 aliphatic heterocycles. The number of aliphatic hydroxyl groups is 2. The van der Waals surface area contributed by atoms with Gasteiger partial charge in [-0.25, -0.2) is 0 Å². The van der Waals surface area contributed by atoms with Crippen LogP contribution in [0.2, 0.25) is 0 Å². The first-order chi connectivity index (χ1) is 6.31. The van der Waals surface area contributed by atoms with E-state index >= 15 is 0 Å². The van der Waals surface area contributed by atoms with E-state index in [1.165, 1.54) is 0 Å². The van der Waals surface area contributed by atoms with Gasteiger partial charge in [-0.3, -0.25) is 4.90 Å². The quantitative estimate of drug-likeness (QED) is 0.679. The first-order valence-electron chi connectivity index (χ1n) is 5.38. The van der Waals surface area contributed by atoms with E-state index in [1.54, 1.807) is 0 Å². The topological polar surface area (TPSA) is 43.7 Å². The molecule has 0 aromatic heterocycles. The smallest absolute Gasteiger partial charge is 0.0768 e. The van der Waals surface area contributed by atoms with E-state index in [9.17, 15) is 5.11 Å². The maximum atomic E-state index is 10.1. The monoisotopic (exact) mass is 203 g/mol. The van der Waals surface area contributed by atoms with Crippen molar-refractivity contribution in [2.75, 3.05) is 19.7 Å². The highest BCUT2D eigenvalue weighted by molar-refractivity contribution is 4.81. The molecule has 3 heteroatoms. The van der Waals surface area contributed by atoms with Gasteiger partial charge in [-0.2, -0.15) is 0 Å². The molecule has 0 heterocycles. The van der Waals surface area contributed by atoms with Gasteiger partial charge in [-0.1, -0.05) is 13.8 Å². The molecule has 86 valence electrons. The molecule has 0 radical (unpaired) electrons. The standard InChI is InChI=1S/C11H25NO2/c1-9(2)11(5,14)8-12(6-7-13)10(3)4/h9-10,13-14H,6-8H2,1-5H3. The zero-order valence-corrected chi connectivity index (χ0v) is 10.1. The summed E-state index contributed by atoms with van der Waals surface area (Å²) in [6, 6.07) is 0.354. The zero-order valence-electron chi connectivity index (χ0n) is 10.1. The van der Waals surface area contributed by atoms with Crippen LogP contribution in [0.3, 0.4) is 0 Å². The second kappa shape index (κ2) is 5.69. The van der Waals surface area contributed by atoms with Gasteiger partial charge in [0.05, 0.1) is 12.2 Å². The number of rotatable bonds is 6. The minimum atomic E-state index is -0.681. The Hall–Kier alpha value is -0.120. The van der Waals surface area contributed by atoms with Gasteiger partial charge in [0.25, 0.3) is 0 Å². The van der Waals surface area contributed by atoms with Gasteiger partial charge in [-0.15, -0.1) is 0 Å². The van der Waals surface area contributed by atoms with Gasteiger partial charge in [0.1, 0.15) is 0 Å². The molecule has 0 bridgehead atoms. The third-order valence-corrected chi connectivity index (χ3v) is 2.88. The van der Waals surface area contributed by atoms with E-state index in [1.807, 2.05) is 20.8 Å². The van der Waals surface area contributed by atoms with Crippen LogP contribution >= 0.6 is 0 Å². The minimum Gasteiger partial charge on any atom is -0.395 e. The summed E-state index contributed by atoms with van der Waals surface area (Å²) < 4.78 is 0. The van der Waals surface area contributed by atoms with E-state index < -0.39 is 5.60 Å². The molecule has 0 aromatic carbocycles. The third kappa shape index (κ3) is 4.40. The fourth-order valence-corrected chi connectivity index (χ4v) is 1.24. The lowest BCUT2D eigenvalue weighted by molar-refractivity contribution is -0.0290. The molecule has 1 atom stereocenters. The van der Waals surface area contributed by atoms with Crippen LogP contribution in [-0.2, 0) is 0 Å². The van der Waals surface area contributed by atoms with Crippen LogP contribution in [0.25, 0.3) is 0 Å². The highest BCUT2D eigenvalue weighted by Crippen LogP contribution is 2.18. The van der Waals surface area contributed by atoms with Gasteiger partial charge in [0.2, 0.25) is 0 Å². The fraction of sp³-hybridized carbons (Fsp3) is 1.00. The van der Waals surface area contributed by atoms with Gasteiger partial charge in [-0.05, 0) is 26.7 Å². The third-order valence-electron chi connectivity index (χ3n) is 2.88. The molecule has 0 aromatic rings. The molecule has 0 amide bonds. The van der Waals surface area contributed by atoms with Gasteiger partial charge >= 0.3 is 0 Å². The molecule has 0 aliphatic rings. The van der Waals surface area contributed by atoms with Gasteiger partial charge < -0.3 is 10.2 Å². The van der Waals surface area contributed by atoms with Crippen LogP contribution in [0.4, 0.5) is 0 Å². The van der Waals surface area contributed by atoms with Crippen LogP contribution in [-0.4, -0.2) is 46.5 Å². The Bertz CT molecular complexity index is 155. The minimum absolute atomic E-state index is 0.145. The molecular weight excluding hydrogens is 178 g/mol. The highest BCUT2D eigenvalue weighted by Gasteiger charge is 2.28. The Labute approximate surface area is 87.7 Å². The first-order valence-corrected chi connectivity index (χ1v) is 5.38. The van der Waals surface area contributed by atoms with Crippen LogP contribution in [0.5, 0.6) is 0 Å². The van der Waals surface area contributed by atoms with Crippen molar-refractivity contribution >= 4 is 0 Å². The summed E-state index contributed by atoms with van der Waals surface area (Å²) in [7, 11) is 0. The molecule has 0 rings (SSSR count). The molecule has 0 saturated heterocycles. The summed E-state index contributed by atoms with van der Waals surface area (Å²) in [6.07, 6.45) is 0. The lowest BCUT2D eigenvalue weighted by Gasteiger charge is -2.36. The van der Waals surface area contributed by atoms with Crippen molar-refractivity contribution in [2.45, 2.75) is 46.3 Å². The van der Waals surface area contributed by atoms with Crippen LogP contribution < -0.4 is 0 Å². The lowest BCUT2D eigenvalue weighted by atomic mass is 9.91. The van der Waals surface area contributed by atoms with Crippen molar-refractivity contribution in [3.05, 3.63) is 0 Å². The van der Waals surface area contributed by atoms with Crippen LogP contribution in [0, 0.1) is 5.92 Å². The summed E-state index contributed by atoms with van der Waals surface area (Å²) in [5.41, 5.74) is -0.681. The zero-order chi connectivity index (χ0) is 11.4. The van der Waals surface area contributed by atoms with Gasteiger partial charge in [0.15, 0.2) is 0 Å². The number of hydrogen-bond acceptors (Lipinski definition) is 3.